The molecule has 0 aromatic carbocycles. The van der Waals surface area contributed by atoms with E-state index in [0.717, 1.165) is 11.5 Å². The first-order valence-electron chi connectivity index (χ1n) is 6.52. The van der Waals surface area contributed by atoms with Crippen molar-refractivity contribution in [1.29, 1.82) is 0 Å². The molecule has 1 heterocycles. The summed E-state index contributed by atoms with van der Waals surface area (Å²) in [6, 6.07) is -0.321. The van der Waals surface area contributed by atoms with E-state index in [2.05, 4.69) is 15.6 Å². The first kappa shape index (κ1) is 15.5. The Bertz CT molecular complexity index is 396. The molecule has 6 nitrogen and oxygen atoms in total. The van der Waals surface area contributed by atoms with Crippen LogP contribution in [0, 0.1) is 19.8 Å². The molecule has 0 aliphatic carbocycles. The van der Waals surface area contributed by atoms with Gasteiger partial charge in [-0.3, -0.25) is 0 Å². The van der Waals surface area contributed by atoms with Gasteiger partial charge in [0.05, 0.1) is 12.2 Å². The van der Waals surface area contributed by atoms with E-state index in [1.165, 1.54) is 0 Å². The third-order valence-corrected chi connectivity index (χ3v) is 3.03. The van der Waals surface area contributed by atoms with Gasteiger partial charge in [-0.15, -0.1) is 0 Å². The van der Waals surface area contributed by atoms with Crippen molar-refractivity contribution >= 4 is 6.03 Å². The molecule has 0 fully saturated rings. The van der Waals surface area contributed by atoms with Crippen LogP contribution in [0.2, 0.25) is 0 Å². The predicted octanol–water partition coefficient (Wildman–Crippen LogP) is 1.50. The summed E-state index contributed by atoms with van der Waals surface area (Å²) in [5, 5.41) is 14.5. The minimum Gasteiger partial charge on any atom is -0.444 e. The highest BCUT2D eigenvalue weighted by Crippen LogP contribution is 2.08. The SMILES string of the molecule is Cc1nc(CNC(=O)NC(CCO)C(C)C)oc1C. The number of aryl methyl sites for hydroxylation is 2. The number of urea groups is 1. The van der Waals surface area contributed by atoms with Gasteiger partial charge < -0.3 is 20.2 Å². The van der Waals surface area contributed by atoms with Crippen molar-refractivity contribution in [2.45, 2.75) is 46.7 Å². The first-order chi connectivity index (χ1) is 8.93. The van der Waals surface area contributed by atoms with Crippen molar-refractivity contribution < 1.29 is 14.3 Å². The van der Waals surface area contributed by atoms with Crippen LogP contribution in [0.25, 0.3) is 0 Å². The third kappa shape index (κ3) is 4.90. The zero-order chi connectivity index (χ0) is 14.4. The number of aliphatic hydroxyl groups is 1. The molecule has 1 rings (SSSR count). The smallest absolute Gasteiger partial charge is 0.315 e. The van der Waals surface area contributed by atoms with Crippen LogP contribution in [0.5, 0.6) is 0 Å². The quantitative estimate of drug-likeness (QED) is 0.730. The van der Waals surface area contributed by atoms with E-state index < -0.39 is 0 Å². The number of oxazole rings is 1. The average molecular weight is 269 g/mol. The van der Waals surface area contributed by atoms with Gasteiger partial charge in [-0.25, -0.2) is 9.78 Å². The second kappa shape index (κ2) is 7.13. The van der Waals surface area contributed by atoms with Gasteiger partial charge in [-0.1, -0.05) is 13.8 Å². The van der Waals surface area contributed by atoms with Crippen LogP contribution in [-0.2, 0) is 6.54 Å². The van der Waals surface area contributed by atoms with Gasteiger partial charge in [0.25, 0.3) is 0 Å². The summed E-state index contributed by atoms with van der Waals surface area (Å²) in [4.78, 5) is 15.9. The minimum absolute atomic E-state index is 0.0435. The number of carbonyl (C=O) groups excluding carboxylic acids is 1. The number of hydrogen-bond donors (Lipinski definition) is 3. The Hall–Kier alpha value is -1.56. The molecular weight excluding hydrogens is 246 g/mol. The van der Waals surface area contributed by atoms with Crippen LogP contribution in [0.15, 0.2) is 4.42 Å². The number of amides is 2. The summed E-state index contributed by atoms with van der Waals surface area (Å²) >= 11 is 0. The second-order valence-corrected chi connectivity index (χ2v) is 4.94. The molecule has 3 N–H and O–H groups in total. The third-order valence-electron chi connectivity index (χ3n) is 3.03. The fraction of sp³-hybridized carbons (Fsp3) is 0.692. The topological polar surface area (TPSA) is 87.4 Å². The Kier molecular flexibility index (Phi) is 5.82. The van der Waals surface area contributed by atoms with Crippen LogP contribution in [0.3, 0.4) is 0 Å². The number of aliphatic hydroxyl groups excluding tert-OH is 1. The molecule has 0 aliphatic heterocycles. The van der Waals surface area contributed by atoms with Crippen molar-refractivity contribution in [3.8, 4) is 0 Å². The van der Waals surface area contributed by atoms with Gasteiger partial charge in [0.15, 0.2) is 0 Å². The minimum atomic E-state index is -0.277. The summed E-state index contributed by atoms with van der Waals surface area (Å²) in [7, 11) is 0. The van der Waals surface area contributed by atoms with Crippen molar-refractivity contribution in [3.05, 3.63) is 17.3 Å². The Morgan fingerprint density at radius 1 is 1.42 bits per heavy atom. The predicted molar refractivity (Wildman–Crippen MR) is 71.7 cm³/mol. The lowest BCUT2D eigenvalue weighted by Crippen LogP contribution is -2.44. The Morgan fingerprint density at radius 2 is 2.11 bits per heavy atom. The number of hydrogen-bond acceptors (Lipinski definition) is 4. The van der Waals surface area contributed by atoms with Crippen molar-refractivity contribution in [2.75, 3.05) is 6.61 Å². The Morgan fingerprint density at radius 3 is 2.58 bits per heavy atom. The summed E-state index contributed by atoms with van der Waals surface area (Å²) in [5.41, 5.74) is 0.831. The van der Waals surface area contributed by atoms with Gasteiger partial charge in [0.2, 0.25) is 5.89 Å². The molecule has 1 unspecified atom stereocenters. The number of nitrogens with zero attached hydrogens (tertiary/aromatic N) is 1. The van der Waals surface area contributed by atoms with E-state index in [-0.39, 0.29) is 31.1 Å². The highest BCUT2D eigenvalue weighted by molar-refractivity contribution is 5.74. The van der Waals surface area contributed by atoms with Crippen LogP contribution < -0.4 is 10.6 Å². The zero-order valence-corrected chi connectivity index (χ0v) is 12.0. The van der Waals surface area contributed by atoms with Crippen LogP contribution in [0.1, 0.15) is 37.6 Å². The summed E-state index contributed by atoms with van der Waals surface area (Å²) in [5.74, 6) is 1.52. The molecule has 2 amide bonds. The molecule has 108 valence electrons. The first-order valence-corrected chi connectivity index (χ1v) is 6.52. The molecule has 0 spiro atoms. The van der Waals surface area contributed by atoms with Crippen LogP contribution >= 0.6 is 0 Å². The maximum Gasteiger partial charge on any atom is 0.315 e. The van der Waals surface area contributed by atoms with Gasteiger partial charge in [0, 0.05) is 12.6 Å². The molecule has 0 saturated heterocycles. The molecular formula is C13H23N3O3. The largest absolute Gasteiger partial charge is 0.444 e. The normalized spacial score (nSPS) is 12.5. The number of rotatable bonds is 6. The molecule has 1 aromatic rings. The molecule has 6 heteroatoms. The molecule has 19 heavy (non-hydrogen) atoms. The fourth-order valence-electron chi connectivity index (χ4n) is 1.70. The molecule has 0 aliphatic rings. The summed E-state index contributed by atoms with van der Waals surface area (Å²) in [6.07, 6.45) is 0.544. The highest BCUT2D eigenvalue weighted by atomic mass is 16.4. The van der Waals surface area contributed by atoms with Gasteiger partial charge >= 0.3 is 6.03 Å². The fourth-order valence-corrected chi connectivity index (χ4v) is 1.70. The molecule has 1 aromatic heterocycles. The lowest BCUT2D eigenvalue weighted by Gasteiger charge is -2.21. The maximum atomic E-state index is 11.7. The summed E-state index contributed by atoms with van der Waals surface area (Å²) < 4.78 is 5.37. The van der Waals surface area contributed by atoms with Gasteiger partial charge in [-0.05, 0) is 26.2 Å². The van der Waals surface area contributed by atoms with Gasteiger partial charge in [-0.2, -0.15) is 0 Å². The van der Waals surface area contributed by atoms with E-state index in [0.29, 0.717) is 12.3 Å². The van der Waals surface area contributed by atoms with Crippen LogP contribution in [0.4, 0.5) is 4.79 Å². The van der Waals surface area contributed by atoms with E-state index in [1.807, 2.05) is 27.7 Å². The lowest BCUT2D eigenvalue weighted by molar-refractivity contribution is 0.217. The monoisotopic (exact) mass is 269 g/mol. The maximum absolute atomic E-state index is 11.7. The van der Waals surface area contributed by atoms with Crippen molar-refractivity contribution in [1.82, 2.24) is 15.6 Å². The van der Waals surface area contributed by atoms with Crippen molar-refractivity contribution in [2.24, 2.45) is 5.92 Å². The van der Waals surface area contributed by atoms with E-state index in [4.69, 9.17) is 9.52 Å². The van der Waals surface area contributed by atoms with E-state index in [1.54, 1.807) is 0 Å². The van der Waals surface area contributed by atoms with E-state index >= 15 is 0 Å². The molecule has 1 atom stereocenters. The number of nitrogens with one attached hydrogen (secondary N) is 2. The standard InChI is InChI=1S/C13H23N3O3/c1-8(2)11(5-6-17)16-13(18)14-7-12-15-9(3)10(4)19-12/h8,11,17H,5-7H2,1-4H3,(H2,14,16,18). The Balaban J connectivity index is 2.42. The highest BCUT2D eigenvalue weighted by Gasteiger charge is 2.15. The second-order valence-electron chi connectivity index (χ2n) is 4.94. The van der Waals surface area contributed by atoms with E-state index in [9.17, 15) is 4.79 Å². The molecule has 0 saturated carbocycles. The average Bonchev–Trinajstić information content (AvgIpc) is 2.65. The zero-order valence-electron chi connectivity index (χ0n) is 12.0. The Labute approximate surface area is 113 Å². The number of carbonyl (C=O) groups is 1. The molecule has 0 radical (unpaired) electrons. The lowest BCUT2D eigenvalue weighted by atomic mass is 10.0. The van der Waals surface area contributed by atoms with Crippen molar-refractivity contribution in [3.63, 3.8) is 0 Å². The van der Waals surface area contributed by atoms with Crippen LogP contribution in [-0.4, -0.2) is 28.8 Å². The van der Waals surface area contributed by atoms with Gasteiger partial charge in [0.1, 0.15) is 5.76 Å². The molecule has 0 bridgehead atoms. The number of aromatic nitrogens is 1. The summed E-state index contributed by atoms with van der Waals surface area (Å²) in [6.45, 7) is 8.01.